The van der Waals surface area contributed by atoms with E-state index >= 15 is 0 Å². The van der Waals surface area contributed by atoms with Gasteiger partial charge in [-0.3, -0.25) is 4.79 Å². The minimum Gasteiger partial charge on any atom is -0.482 e. The normalized spacial score (nSPS) is 27.4. The summed E-state index contributed by atoms with van der Waals surface area (Å²) in [5, 5.41) is 4.04. The van der Waals surface area contributed by atoms with Gasteiger partial charge < -0.3 is 15.0 Å². The van der Waals surface area contributed by atoms with Gasteiger partial charge in [-0.2, -0.15) is 0 Å². The number of nitrogens with one attached hydrogen (secondary N) is 1. The van der Waals surface area contributed by atoms with E-state index in [1.54, 1.807) is 18.2 Å². The Morgan fingerprint density at radius 3 is 2.71 bits per heavy atom. The zero-order valence-electron chi connectivity index (χ0n) is 11.6. The minimum absolute atomic E-state index is 0.0232. The number of nitrogens with zero attached hydrogens (tertiary/aromatic N) is 1. The Labute approximate surface area is 134 Å². The van der Waals surface area contributed by atoms with Crippen LogP contribution in [0.5, 0.6) is 5.75 Å². The molecule has 21 heavy (non-hydrogen) atoms. The van der Waals surface area contributed by atoms with Crippen molar-refractivity contribution < 1.29 is 9.53 Å². The summed E-state index contributed by atoms with van der Waals surface area (Å²) in [6.07, 6.45) is 2.35. The fourth-order valence-corrected chi connectivity index (χ4v) is 3.58. The molecule has 0 saturated carbocycles. The van der Waals surface area contributed by atoms with E-state index in [2.05, 4.69) is 10.2 Å². The summed E-state index contributed by atoms with van der Waals surface area (Å²) >= 11 is 11.8. The van der Waals surface area contributed by atoms with E-state index < -0.39 is 0 Å². The molecule has 0 aliphatic carbocycles. The van der Waals surface area contributed by atoms with Gasteiger partial charge in [0.1, 0.15) is 5.75 Å². The number of amides is 1. The van der Waals surface area contributed by atoms with E-state index in [1.807, 2.05) is 0 Å². The van der Waals surface area contributed by atoms with Gasteiger partial charge in [0, 0.05) is 17.6 Å². The number of benzene rings is 1. The van der Waals surface area contributed by atoms with Crippen molar-refractivity contribution in [1.29, 1.82) is 0 Å². The third-order valence-electron chi connectivity index (χ3n) is 4.26. The molecule has 1 amide bonds. The van der Waals surface area contributed by atoms with Gasteiger partial charge in [0.2, 0.25) is 0 Å². The number of carbonyl (C=O) groups excluding carboxylic acids is 1. The number of hydrogen-bond acceptors (Lipinski definition) is 3. The highest BCUT2D eigenvalue weighted by atomic mass is 35.5. The predicted octanol–water partition coefficient (Wildman–Crippen LogP) is 2.58. The second-order valence-electron chi connectivity index (χ2n) is 5.68. The fourth-order valence-electron chi connectivity index (χ4n) is 3.11. The maximum atomic E-state index is 12.0. The van der Waals surface area contributed by atoms with Crippen molar-refractivity contribution in [2.24, 2.45) is 5.92 Å². The molecule has 1 unspecified atom stereocenters. The summed E-state index contributed by atoms with van der Waals surface area (Å²) in [5.41, 5.74) is 0. The number of piperidine rings is 3. The van der Waals surface area contributed by atoms with Crippen LogP contribution in [0, 0.1) is 5.92 Å². The molecule has 4 rings (SSSR count). The molecule has 3 saturated heterocycles. The maximum Gasteiger partial charge on any atom is 0.258 e. The van der Waals surface area contributed by atoms with Crippen molar-refractivity contribution in [2.45, 2.75) is 18.9 Å². The number of carbonyl (C=O) groups is 1. The molecule has 2 bridgehead atoms. The smallest absolute Gasteiger partial charge is 0.258 e. The van der Waals surface area contributed by atoms with E-state index in [1.165, 1.54) is 12.8 Å². The molecular formula is C15H18Cl2N2O2. The van der Waals surface area contributed by atoms with Gasteiger partial charge in [-0.1, -0.05) is 23.2 Å². The average Bonchev–Trinajstić information content (AvgIpc) is 2.47. The highest BCUT2D eigenvalue weighted by Gasteiger charge is 2.34. The van der Waals surface area contributed by atoms with E-state index in [-0.39, 0.29) is 18.6 Å². The van der Waals surface area contributed by atoms with Crippen molar-refractivity contribution in [3.05, 3.63) is 28.2 Å². The number of rotatable bonds is 4. The largest absolute Gasteiger partial charge is 0.482 e. The summed E-state index contributed by atoms with van der Waals surface area (Å²) in [6.45, 7) is 3.25. The van der Waals surface area contributed by atoms with Gasteiger partial charge >= 0.3 is 0 Å². The quantitative estimate of drug-likeness (QED) is 0.923. The maximum absolute atomic E-state index is 12.0. The summed E-state index contributed by atoms with van der Waals surface area (Å²) in [5.74, 6) is 0.989. The highest BCUT2D eigenvalue weighted by Crippen LogP contribution is 2.28. The lowest BCUT2D eigenvalue weighted by Gasteiger charge is -2.44. The Balaban J connectivity index is 1.50. The third-order valence-corrected chi connectivity index (χ3v) is 4.79. The Hall–Kier alpha value is -0.970. The van der Waals surface area contributed by atoms with E-state index in [0.29, 0.717) is 21.7 Å². The van der Waals surface area contributed by atoms with Crippen molar-refractivity contribution in [3.8, 4) is 5.75 Å². The Morgan fingerprint density at radius 2 is 2.10 bits per heavy atom. The average molecular weight is 329 g/mol. The van der Waals surface area contributed by atoms with Gasteiger partial charge in [-0.05, 0) is 50.0 Å². The van der Waals surface area contributed by atoms with Gasteiger partial charge in [-0.15, -0.1) is 0 Å². The summed E-state index contributed by atoms with van der Waals surface area (Å²) in [6, 6.07) is 5.22. The summed E-state index contributed by atoms with van der Waals surface area (Å²) < 4.78 is 5.46. The van der Waals surface area contributed by atoms with Crippen LogP contribution in [0.2, 0.25) is 10.0 Å². The Bertz CT molecular complexity index is 530. The molecule has 1 aromatic rings. The standard InChI is InChI=1S/C15H18Cl2N2O2/c16-11-1-2-14(12(17)7-11)21-9-15(20)18-13-8-19-5-3-10(13)4-6-19/h1-2,7,10,13H,3-6,8-9H2,(H,18,20). The summed E-state index contributed by atoms with van der Waals surface area (Å²) in [7, 11) is 0. The number of hydrogen-bond donors (Lipinski definition) is 1. The van der Waals surface area contributed by atoms with Crippen molar-refractivity contribution >= 4 is 29.1 Å². The van der Waals surface area contributed by atoms with Gasteiger partial charge in [-0.25, -0.2) is 0 Å². The molecule has 3 heterocycles. The number of fused-ring (bicyclic) bond motifs is 3. The number of ether oxygens (including phenoxy) is 1. The van der Waals surface area contributed by atoms with Gasteiger partial charge in [0.05, 0.1) is 5.02 Å². The Morgan fingerprint density at radius 1 is 1.33 bits per heavy atom. The first-order valence-corrected chi connectivity index (χ1v) is 7.97. The topological polar surface area (TPSA) is 41.6 Å². The van der Waals surface area contributed by atoms with Crippen LogP contribution in [-0.4, -0.2) is 43.1 Å². The van der Waals surface area contributed by atoms with Crippen LogP contribution >= 0.6 is 23.2 Å². The monoisotopic (exact) mass is 328 g/mol. The molecule has 1 aromatic carbocycles. The SMILES string of the molecule is O=C(COc1ccc(Cl)cc1Cl)NC1CN2CCC1CC2. The molecule has 3 fully saturated rings. The molecule has 0 aromatic heterocycles. The van der Waals surface area contributed by atoms with Gasteiger partial charge in [0.15, 0.2) is 6.61 Å². The van der Waals surface area contributed by atoms with Crippen LogP contribution in [0.25, 0.3) is 0 Å². The van der Waals surface area contributed by atoms with Crippen LogP contribution in [-0.2, 0) is 4.79 Å². The molecule has 3 aliphatic heterocycles. The minimum atomic E-state index is -0.0974. The van der Waals surface area contributed by atoms with Crippen LogP contribution < -0.4 is 10.1 Å². The van der Waals surface area contributed by atoms with Crippen LogP contribution in [0.4, 0.5) is 0 Å². The van der Waals surface area contributed by atoms with E-state index in [0.717, 1.165) is 19.6 Å². The van der Waals surface area contributed by atoms with Crippen molar-refractivity contribution in [3.63, 3.8) is 0 Å². The lowest BCUT2D eigenvalue weighted by atomic mass is 9.84. The van der Waals surface area contributed by atoms with Gasteiger partial charge in [0.25, 0.3) is 5.91 Å². The first kappa shape index (κ1) is 14.9. The van der Waals surface area contributed by atoms with Crippen molar-refractivity contribution in [2.75, 3.05) is 26.2 Å². The molecule has 4 nitrogen and oxygen atoms in total. The zero-order valence-corrected chi connectivity index (χ0v) is 13.2. The fraction of sp³-hybridized carbons (Fsp3) is 0.533. The van der Waals surface area contributed by atoms with Crippen molar-refractivity contribution in [1.82, 2.24) is 10.2 Å². The molecular weight excluding hydrogens is 311 g/mol. The number of halogens is 2. The molecule has 3 aliphatic rings. The van der Waals surface area contributed by atoms with E-state index in [4.69, 9.17) is 27.9 Å². The Kier molecular flexibility index (Phi) is 4.57. The van der Waals surface area contributed by atoms with E-state index in [9.17, 15) is 4.79 Å². The lowest BCUT2D eigenvalue weighted by molar-refractivity contribution is -0.125. The van der Waals surface area contributed by atoms with Crippen LogP contribution in [0.1, 0.15) is 12.8 Å². The lowest BCUT2D eigenvalue weighted by Crippen LogP contribution is -2.57. The highest BCUT2D eigenvalue weighted by molar-refractivity contribution is 6.35. The molecule has 1 N–H and O–H groups in total. The molecule has 0 radical (unpaired) electrons. The second-order valence-corrected chi connectivity index (χ2v) is 6.52. The first-order chi connectivity index (χ1) is 10.1. The molecule has 6 heteroatoms. The summed E-state index contributed by atoms with van der Waals surface area (Å²) in [4.78, 5) is 14.4. The van der Waals surface area contributed by atoms with Crippen LogP contribution in [0.15, 0.2) is 18.2 Å². The second kappa shape index (κ2) is 6.42. The van der Waals surface area contributed by atoms with Crippen LogP contribution in [0.3, 0.4) is 0 Å². The molecule has 114 valence electrons. The predicted molar refractivity (Wildman–Crippen MR) is 83.1 cm³/mol. The first-order valence-electron chi connectivity index (χ1n) is 7.21. The third kappa shape index (κ3) is 3.62. The molecule has 0 spiro atoms. The zero-order chi connectivity index (χ0) is 14.8. The molecule has 1 atom stereocenters.